The highest BCUT2D eigenvalue weighted by Gasteiger charge is 2.26. The van der Waals surface area contributed by atoms with Crippen molar-refractivity contribution in [3.63, 3.8) is 0 Å². The van der Waals surface area contributed by atoms with Crippen LogP contribution >= 0.6 is 0 Å². The first-order valence-corrected chi connectivity index (χ1v) is 12.7. The molecule has 3 heterocycles. The number of carbonyl (C=O) groups is 1. The van der Waals surface area contributed by atoms with Gasteiger partial charge in [-0.15, -0.1) is 0 Å². The molecule has 1 unspecified atom stereocenters. The molecule has 2 N–H and O–H groups in total. The van der Waals surface area contributed by atoms with Gasteiger partial charge in [-0.1, -0.05) is 44.5 Å². The van der Waals surface area contributed by atoms with E-state index in [-0.39, 0.29) is 11.4 Å². The first-order chi connectivity index (χ1) is 18.3. The molecule has 0 radical (unpaired) electrons. The third-order valence-electron chi connectivity index (χ3n) is 6.35. The van der Waals surface area contributed by atoms with Crippen molar-refractivity contribution in [2.24, 2.45) is 0 Å². The predicted octanol–water partition coefficient (Wildman–Crippen LogP) is 4.62. The molecule has 198 valence electrons. The molecule has 0 saturated carbocycles. The number of rotatable bonds is 7. The van der Waals surface area contributed by atoms with E-state index in [9.17, 15) is 4.79 Å². The highest BCUT2D eigenvalue weighted by Crippen LogP contribution is 2.34. The van der Waals surface area contributed by atoms with E-state index in [0.717, 1.165) is 34.7 Å². The summed E-state index contributed by atoms with van der Waals surface area (Å²) in [7, 11) is 0. The normalized spacial score (nSPS) is 14.9. The lowest BCUT2D eigenvalue weighted by molar-refractivity contribution is 0.143. The van der Waals surface area contributed by atoms with Crippen LogP contribution in [-0.4, -0.2) is 43.4 Å². The van der Waals surface area contributed by atoms with E-state index >= 15 is 0 Å². The lowest BCUT2D eigenvalue weighted by Gasteiger charge is -2.28. The van der Waals surface area contributed by atoms with Crippen LogP contribution in [0.3, 0.4) is 0 Å². The summed E-state index contributed by atoms with van der Waals surface area (Å²) in [6.07, 6.45) is 4.03. The van der Waals surface area contributed by atoms with Crippen LogP contribution in [0.1, 0.15) is 44.0 Å². The van der Waals surface area contributed by atoms with Crippen molar-refractivity contribution in [3.8, 4) is 17.2 Å². The molecule has 1 atom stereocenters. The van der Waals surface area contributed by atoms with Crippen LogP contribution in [0.25, 0.3) is 5.69 Å². The summed E-state index contributed by atoms with van der Waals surface area (Å²) in [5.74, 6) is 2.08. The molecule has 0 aliphatic carbocycles. The molecular formula is C28H33N7O3. The lowest BCUT2D eigenvalue weighted by Crippen LogP contribution is -2.43. The summed E-state index contributed by atoms with van der Waals surface area (Å²) in [5.41, 5.74) is 3.74. The van der Waals surface area contributed by atoms with E-state index in [4.69, 9.17) is 14.6 Å². The zero-order valence-corrected chi connectivity index (χ0v) is 22.1. The summed E-state index contributed by atoms with van der Waals surface area (Å²) in [6, 6.07) is 15.3. The monoisotopic (exact) mass is 515 g/mol. The van der Waals surface area contributed by atoms with Gasteiger partial charge >= 0.3 is 6.03 Å². The number of nitrogens with one attached hydrogen (secondary N) is 2. The van der Waals surface area contributed by atoms with Gasteiger partial charge in [-0.3, -0.25) is 5.32 Å². The maximum Gasteiger partial charge on any atom is 0.323 e. The minimum atomic E-state index is -0.467. The van der Waals surface area contributed by atoms with Crippen molar-refractivity contribution in [1.82, 2.24) is 29.9 Å². The van der Waals surface area contributed by atoms with Crippen LogP contribution in [0.4, 0.5) is 10.6 Å². The standard InChI is InChI=1S/C28H33N7O3/c1-19-8-10-20(11-9-19)35-25(16-24(33-35)28(2,3)4)31-27(36)32-26-13-12-21-22(6-5-7-23(21)38-26)37-15-14-34-18-29-17-30-34/h5-11,16-18,26H,12-15H2,1-4H3,(H2,31,32,36). The second kappa shape index (κ2) is 10.6. The fourth-order valence-electron chi connectivity index (χ4n) is 4.24. The molecule has 0 fully saturated rings. The molecule has 10 heteroatoms. The van der Waals surface area contributed by atoms with E-state index in [1.807, 2.05) is 55.5 Å². The highest BCUT2D eigenvalue weighted by atomic mass is 16.5. The first-order valence-electron chi connectivity index (χ1n) is 12.7. The van der Waals surface area contributed by atoms with E-state index in [2.05, 4.69) is 41.5 Å². The Morgan fingerprint density at radius 2 is 2.00 bits per heavy atom. The van der Waals surface area contributed by atoms with Crippen molar-refractivity contribution < 1.29 is 14.3 Å². The van der Waals surface area contributed by atoms with Crippen LogP contribution < -0.4 is 20.1 Å². The number of anilines is 1. The van der Waals surface area contributed by atoms with Crippen molar-refractivity contribution in [2.75, 3.05) is 11.9 Å². The number of benzene rings is 2. The van der Waals surface area contributed by atoms with Gasteiger partial charge < -0.3 is 14.8 Å². The fourth-order valence-corrected chi connectivity index (χ4v) is 4.24. The molecule has 1 aliphatic heterocycles. The molecule has 0 saturated heterocycles. The summed E-state index contributed by atoms with van der Waals surface area (Å²) < 4.78 is 15.6. The number of hydrogen-bond donors (Lipinski definition) is 2. The zero-order chi connectivity index (χ0) is 26.7. The van der Waals surface area contributed by atoms with Gasteiger partial charge in [0.2, 0.25) is 0 Å². The Bertz CT molecular complexity index is 1390. The third-order valence-corrected chi connectivity index (χ3v) is 6.35. The van der Waals surface area contributed by atoms with Crippen LogP contribution in [0.5, 0.6) is 11.5 Å². The first kappa shape index (κ1) is 25.3. The molecule has 0 spiro atoms. The van der Waals surface area contributed by atoms with Crippen molar-refractivity contribution in [1.29, 1.82) is 0 Å². The van der Waals surface area contributed by atoms with Crippen LogP contribution in [0, 0.1) is 6.92 Å². The van der Waals surface area contributed by atoms with Crippen molar-refractivity contribution in [2.45, 2.75) is 58.7 Å². The molecule has 2 aromatic heterocycles. The average Bonchev–Trinajstić information content (AvgIpc) is 3.55. The second-order valence-corrected chi connectivity index (χ2v) is 10.4. The lowest BCUT2D eigenvalue weighted by atomic mass is 9.92. The highest BCUT2D eigenvalue weighted by molar-refractivity contribution is 5.89. The summed E-state index contributed by atoms with van der Waals surface area (Å²) in [5, 5.41) is 14.8. The Kier molecular flexibility index (Phi) is 7.04. The maximum absolute atomic E-state index is 13.0. The number of hydrogen-bond acceptors (Lipinski definition) is 6. The van der Waals surface area contributed by atoms with Gasteiger partial charge in [-0.2, -0.15) is 10.2 Å². The van der Waals surface area contributed by atoms with Gasteiger partial charge in [0.1, 0.15) is 36.6 Å². The Morgan fingerprint density at radius 3 is 2.74 bits per heavy atom. The largest absolute Gasteiger partial charge is 0.491 e. The van der Waals surface area contributed by atoms with E-state index in [1.54, 1.807) is 15.7 Å². The van der Waals surface area contributed by atoms with Crippen molar-refractivity contribution >= 4 is 11.8 Å². The van der Waals surface area contributed by atoms with Gasteiger partial charge in [-0.25, -0.2) is 19.1 Å². The van der Waals surface area contributed by atoms with Crippen molar-refractivity contribution in [3.05, 3.63) is 78.0 Å². The Balaban J connectivity index is 1.24. The summed E-state index contributed by atoms with van der Waals surface area (Å²) >= 11 is 0. The Morgan fingerprint density at radius 1 is 1.18 bits per heavy atom. The molecule has 4 aromatic rings. The van der Waals surface area contributed by atoms with Gasteiger partial charge in [0.25, 0.3) is 0 Å². The number of aromatic nitrogens is 5. The summed E-state index contributed by atoms with van der Waals surface area (Å²) in [6.45, 7) is 9.40. The van der Waals surface area contributed by atoms with Gasteiger partial charge in [-0.05, 0) is 37.6 Å². The number of ether oxygens (including phenoxy) is 2. The minimum absolute atomic E-state index is 0.173. The number of amides is 2. The number of urea groups is 1. The predicted molar refractivity (Wildman–Crippen MR) is 144 cm³/mol. The zero-order valence-electron chi connectivity index (χ0n) is 22.1. The molecule has 10 nitrogen and oxygen atoms in total. The average molecular weight is 516 g/mol. The smallest absolute Gasteiger partial charge is 0.323 e. The van der Waals surface area contributed by atoms with Crippen LogP contribution in [0.15, 0.2) is 61.2 Å². The quantitative estimate of drug-likeness (QED) is 0.372. The van der Waals surface area contributed by atoms with Gasteiger partial charge in [0.15, 0.2) is 6.23 Å². The number of fused-ring (bicyclic) bond motifs is 1. The fraction of sp³-hybridized carbons (Fsp3) is 0.357. The minimum Gasteiger partial charge on any atom is -0.491 e. The number of carbonyl (C=O) groups excluding carboxylic acids is 1. The number of nitrogens with zero attached hydrogens (tertiary/aromatic N) is 5. The molecule has 0 bridgehead atoms. The van der Waals surface area contributed by atoms with Gasteiger partial charge in [0, 0.05) is 23.5 Å². The maximum atomic E-state index is 13.0. The van der Waals surface area contributed by atoms with Crippen LogP contribution in [0.2, 0.25) is 0 Å². The Hall–Kier alpha value is -4.34. The molecule has 5 rings (SSSR count). The summed E-state index contributed by atoms with van der Waals surface area (Å²) in [4.78, 5) is 17.0. The third kappa shape index (κ3) is 5.80. The molecule has 2 aromatic carbocycles. The van der Waals surface area contributed by atoms with Crippen LogP contribution in [-0.2, 0) is 18.4 Å². The van der Waals surface area contributed by atoms with Gasteiger partial charge in [0.05, 0.1) is 17.9 Å². The second-order valence-electron chi connectivity index (χ2n) is 10.4. The molecule has 1 aliphatic rings. The molecule has 2 amide bonds. The molecular weight excluding hydrogens is 482 g/mol. The SMILES string of the molecule is Cc1ccc(-n2nc(C(C)(C)C)cc2NC(=O)NC2CCc3c(OCCn4cncn4)cccc3O2)cc1. The Labute approximate surface area is 222 Å². The molecule has 38 heavy (non-hydrogen) atoms. The van der Waals surface area contributed by atoms with E-state index < -0.39 is 6.23 Å². The van der Waals surface area contributed by atoms with E-state index in [1.165, 1.54) is 6.33 Å². The topological polar surface area (TPSA) is 108 Å². The number of aryl methyl sites for hydroxylation is 1. The van der Waals surface area contributed by atoms with E-state index in [0.29, 0.717) is 31.1 Å².